The fourth-order valence-corrected chi connectivity index (χ4v) is 2.26. The van der Waals surface area contributed by atoms with Crippen LogP contribution in [0.1, 0.15) is 43.9 Å². The molecule has 1 aliphatic heterocycles. The molecule has 1 atom stereocenters. The molecule has 1 heterocycles. The maximum absolute atomic E-state index is 10.1. The molecule has 2 rings (SSSR count). The maximum atomic E-state index is 10.1. The summed E-state index contributed by atoms with van der Waals surface area (Å²) >= 11 is 0. The zero-order chi connectivity index (χ0) is 12.5. The Balaban J connectivity index is 2.35. The molecule has 0 aliphatic carbocycles. The molecule has 1 aliphatic rings. The number of rotatable bonds is 3. The van der Waals surface area contributed by atoms with E-state index in [9.17, 15) is 5.11 Å². The number of aliphatic hydroxyl groups excluding tert-OH is 1. The highest BCUT2D eigenvalue weighted by atomic mass is 16.5. The Hall–Kier alpha value is -1.06. The van der Waals surface area contributed by atoms with Gasteiger partial charge >= 0.3 is 0 Å². The average molecular weight is 235 g/mol. The Morgan fingerprint density at radius 2 is 2.24 bits per heavy atom. The summed E-state index contributed by atoms with van der Waals surface area (Å²) in [5.41, 5.74) is 7.42. The molecule has 0 radical (unpaired) electrons. The van der Waals surface area contributed by atoms with Gasteiger partial charge in [-0.25, -0.2) is 0 Å². The predicted octanol–water partition coefficient (Wildman–Crippen LogP) is 2.17. The minimum Gasteiger partial charge on any atom is -0.487 e. The van der Waals surface area contributed by atoms with Crippen molar-refractivity contribution in [1.82, 2.24) is 0 Å². The lowest BCUT2D eigenvalue weighted by Crippen LogP contribution is -2.33. The number of aliphatic hydroxyl groups is 1. The number of hydrogen-bond acceptors (Lipinski definition) is 3. The molecule has 0 spiro atoms. The van der Waals surface area contributed by atoms with Crippen LogP contribution >= 0.6 is 0 Å². The van der Waals surface area contributed by atoms with Crippen LogP contribution in [-0.4, -0.2) is 17.3 Å². The monoisotopic (exact) mass is 235 g/mol. The van der Waals surface area contributed by atoms with Crippen molar-refractivity contribution in [1.29, 1.82) is 0 Å². The molecule has 17 heavy (non-hydrogen) atoms. The molecule has 1 unspecified atom stereocenters. The van der Waals surface area contributed by atoms with Gasteiger partial charge in [-0.3, -0.25) is 0 Å². The van der Waals surface area contributed by atoms with Crippen LogP contribution in [0.3, 0.4) is 0 Å². The summed E-state index contributed by atoms with van der Waals surface area (Å²) in [5, 5.41) is 10.1. The van der Waals surface area contributed by atoms with Crippen molar-refractivity contribution in [2.24, 2.45) is 5.73 Å². The first kappa shape index (κ1) is 12.4. The molecule has 1 aromatic rings. The zero-order valence-corrected chi connectivity index (χ0v) is 10.6. The van der Waals surface area contributed by atoms with Crippen LogP contribution in [-0.2, 0) is 6.42 Å². The third-order valence-electron chi connectivity index (χ3n) is 3.30. The van der Waals surface area contributed by atoms with Crippen molar-refractivity contribution in [3.63, 3.8) is 0 Å². The van der Waals surface area contributed by atoms with Gasteiger partial charge in [0, 0.05) is 5.56 Å². The van der Waals surface area contributed by atoms with Gasteiger partial charge in [0.15, 0.2) is 0 Å². The van der Waals surface area contributed by atoms with E-state index in [1.54, 1.807) is 0 Å². The Morgan fingerprint density at radius 1 is 1.47 bits per heavy atom. The van der Waals surface area contributed by atoms with E-state index in [1.165, 1.54) is 5.56 Å². The fraction of sp³-hybridized carbons (Fsp3) is 0.571. The van der Waals surface area contributed by atoms with Crippen molar-refractivity contribution in [3.05, 3.63) is 29.3 Å². The van der Waals surface area contributed by atoms with Crippen LogP contribution in [0, 0.1) is 0 Å². The number of ether oxygens (including phenoxy) is 1. The van der Waals surface area contributed by atoms with Gasteiger partial charge < -0.3 is 15.6 Å². The Morgan fingerprint density at radius 3 is 2.94 bits per heavy atom. The first-order chi connectivity index (χ1) is 8.03. The lowest BCUT2D eigenvalue weighted by atomic mass is 9.91. The van der Waals surface area contributed by atoms with E-state index in [4.69, 9.17) is 10.5 Å². The smallest absolute Gasteiger partial charge is 0.129 e. The first-order valence-corrected chi connectivity index (χ1v) is 6.22. The molecule has 0 saturated heterocycles. The molecule has 0 fully saturated rings. The Labute approximate surface area is 103 Å². The van der Waals surface area contributed by atoms with Crippen LogP contribution < -0.4 is 10.5 Å². The number of fused-ring (bicyclic) bond motifs is 1. The molecule has 3 N–H and O–H groups in total. The second-order valence-corrected chi connectivity index (χ2v) is 5.29. The Bertz CT molecular complexity index is 401. The van der Waals surface area contributed by atoms with Gasteiger partial charge in [0.1, 0.15) is 11.4 Å². The number of benzene rings is 1. The number of para-hydroxylation sites is 1. The molecule has 0 amide bonds. The third kappa shape index (κ3) is 2.61. The first-order valence-electron chi connectivity index (χ1n) is 6.22. The van der Waals surface area contributed by atoms with Crippen LogP contribution in [0.2, 0.25) is 0 Å². The summed E-state index contributed by atoms with van der Waals surface area (Å²) in [5.74, 6) is 0.865. The summed E-state index contributed by atoms with van der Waals surface area (Å²) in [7, 11) is 0. The predicted molar refractivity (Wildman–Crippen MR) is 68.1 cm³/mol. The van der Waals surface area contributed by atoms with Crippen molar-refractivity contribution < 1.29 is 9.84 Å². The number of nitrogens with two attached hydrogens (primary N) is 1. The molecule has 3 heteroatoms. The highest BCUT2D eigenvalue weighted by molar-refractivity contribution is 5.44. The largest absolute Gasteiger partial charge is 0.487 e. The van der Waals surface area contributed by atoms with E-state index < -0.39 is 6.10 Å². The van der Waals surface area contributed by atoms with Crippen LogP contribution in [0.15, 0.2) is 18.2 Å². The molecule has 0 aromatic heterocycles. The molecular weight excluding hydrogens is 214 g/mol. The topological polar surface area (TPSA) is 55.5 Å². The SMILES string of the molecule is CC1(C)CCc2cccc(C(O)CCN)c2O1. The van der Waals surface area contributed by atoms with Gasteiger partial charge in [-0.1, -0.05) is 18.2 Å². The minimum absolute atomic E-state index is 0.147. The van der Waals surface area contributed by atoms with Gasteiger partial charge in [-0.2, -0.15) is 0 Å². The highest BCUT2D eigenvalue weighted by Gasteiger charge is 2.29. The van der Waals surface area contributed by atoms with Gasteiger partial charge in [-0.05, 0) is 45.2 Å². The van der Waals surface area contributed by atoms with Crippen molar-refractivity contribution >= 4 is 0 Å². The summed E-state index contributed by atoms with van der Waals surface area (Å²) < 4.78 is 6.02. The average Bonchev–Trinajstić information content (AvgIpc) is 2.27. The summed E-state index contributed by atoms with van der Waals surface area (Å²) in [4.78, 5) is 0. The van der Waals surface area contributed by atoms with Crippen LogP contribution in [0.25, 0.3) is 0 Å². The maximum Gasteiger partial charge on any atom is 0.129 e. The van der Waals surface area contributed by atoms with Crippen LogP contribution in [0.4, 0.5) is 0 Å². The fourth-order valence-electron chi connectivity index (χ4n) is 2.26. The van der Waals surface area contributed by atoms with Crippen LogP contribution in [0.5, 0.6) is 5.75 Å². The second kappa shape index (κ2) is 4.67. The molecule has 1 aromatic carbocycles. The van der Waals surface area contributed by atoms with Crippen molar-refractivity contribution in [2.75, 3.05) is 6.54 Å². The lowest BCUT2D eigenvalue weighted by Gasteiger charge is -2.34. The van der Waals surface area contributed by atoms with E-state index in [0.29, 0.717) is 13.0 Å². The summed E-state index contributed by atoms with van der Waals surface area (Å²) in [6.45, 7) is 4.65. The molecular formula is C14H21NO2. The molecule has 0 saturated carbocycles. The van der Waals surface area contributed by atoms with E-state index in [-0.39, 0.29) is 5.60 Å². The molecule has 0 bridgehead atoms. The lowest BCUT2D eigenvalue weighted by molar-refractivity contribution is 0.0764. The van der Waals surface area contributed by atoms with Gasteiger partial charge in [0.25, 0.3) is 0 Å². The van der Waals surface area contributed by atoms with E-state index in [2.05, 4.69) is 19.9 Å². The van der Waals surface area contributed by atoms with E-state index >= 15 is 0 Å². The minimum atomic E-state index is -0.524. The van der Waals surface area contributed by atoms with Gasteiger partial charge in [0.05, 0.1) is 6.10 Å². The number of hydrogen-bond donors (Lipinski definition) is 2. The van der Waals surface area contributed by atoms with Crippen molar-refractivity contribution in [3.8, 4) is 5.75 Å². The summed E-state index contributed by atoms with van der Waals surface area (Å²) in [6.07, 6.45) is 2.06. The van der Waals surface area contributed by atoms with Crippen molar-refractivity contribution in [2.45, 2.75) is 44.8 Å². The molecule has 3 nitrogen and oxygen atoms in total. The number of aryl methyl sites for hydroxylation is 1. The highest BCUT2D eigenvalue weighted by Crippen LogP contribution is 2.38. The Kier molecular flexibility index (Phi) is 3.40. The molecule has 94 valence electrons. The van der Waals surface area contributed by atoms with Gasteiger partial charge in [0.2, 0.25) is 0 Å². The van der Waals surface area contributed by atoms with E-state index in [1.807, 2.05) is 12.1 Å². The standard InChI is InChI=1S/C14H21NO2/c1-14(2)8-6-10-4-3-5-11(13(10)17-14)12(16)7-9-15/h3-5,12,16H,6-9,15H2,1-2H3. The summed E-state index contributed by atoms with van der Waals surface area (Å²) in [6, 6.07) is 5.99. The van der Waals surface area contributed by atoms with E-state index in [0.717, 1.165) is 24.2 Å². The third-order valence-corrected chi connectivity index (χ3v) is 3.30. The zero-order valence-electron chi connectivity index (χ0n) is 10.6. The second-order valence-electron chi connectivity index (χ2n) is 5.29. The normalized spacial score (nSPS) is 19.3. The quantitative estimate of drug-likeness (QED) is 0.844. The van der Waals surface area contributed by atoms with Gasteiger partial charge in [-0.15, -0.1) is 0 Å².